The van der Waals surface area contributed by atoms with Crippen LogP contribution in [0.5, 0.6) is 0 Å². The number of aromatic nitrogens is 4. The minimum atomic E-state index is -0.655. The van der Waals surface area contributed by atoms with Gasteiger partial charge in [0.15, 0.2) is 0 Å². The summed E-state index contributed by atoms with van der Waals surface area (Å²) in [6.45, 7) is 0. The van der Waals surface area contributed by atoms with Crippen LogP contribution >= 0.6 is 0 Å². The summed E-state index contributed by atoms with van der Waals surface area (Å²) in [6.07, 6.45) is 0. The molecule has 0 fully saturated rings. The van der Waals surface area contributed by atoms with Gasteiger partial charge in [-0.1, -0.05) is 30.3 Å². The summed E-state index contributed by atoms with van der Waals surface area (Å²) in [6, 6.07) is 17.5. The normalized spacial score (nSPS) is 10.8. The molecule has 9 heteroatoms. The highest BCUT2D eigenvalue weighted by atomic mass is 19.1. The van der Waals surface area contributed by atoms with Crippen LogP contribution in [0.15, 0.2) is 60.7 Å². The largest absolute Gasteiger partial charge is 0.363 e. The lowest BCUT2D eigenvalue weighted by molar-refractivity contribution is 0.101. The number of halogens is 1. The number of hydrogen-bond acceptors (Lipinski definition) is 5. The van der Waals surface area contributed by atoms with Gasteiger partial charge in [0.2, 0.25) is 5.82 Å². The number of hydrogen-bond donors (Lipinski definition) is 2. The average molecular weight is 403 g/mol. The second-order valence-corrected chi connectivity index (χ2v) is 6.84. The quantitative estimate of drug-likeness (QED) is 0.403. The molecule has 0 saturated carbocycles. The number of fused-ring (bicyclic) bond motifs is 1. The Balaban J connectivity index is 1.61. The number of anilines is 1. The summed E-state index contributed by atoms with van der Waals surface area (Å²) in [4.78, 5) is 14.3. The van der Waals surface area contributed by atoms with Crippen molar-refractivity contribution in [2.45, 2.75) is 0 Å². The number of carbonyl (C=O) groups excluding carboxylic acids is 1. The number of amides is 1. The topological polar surface area (TPSA) is 99.8 Å². The fourth-order valence-electron chi connectivity index (χ4n) is 3.01. The number of rotatable bonds is 4. The number of tetrazole rings is 1. The first-order chi connectivity index (χ1) is 14.4. The second-order valence-electron chi connectivity index (χ2n) is 6.84. The lowest BCUT2D eigenvalue weighted by Gasteiger charge is -2.14. The first kappa shape index (κ1) is 19.2. The minimum Gasteiger partial charge on any atom is -0.363 e. The van der Waals surface area contributed by atoms with Crippen LogP contribution in [-0.4, -0.2) is 50.9 Å². The van der Waals surface area contributed by atoms with Gasteiger partial charge < -0.3 is 10.2 Å². The first-order valence-electron chi connectivity index (χ1n) is 9.09. The number of carbonyl (C=O) groups is 1. The number of nitrogens with one attached hydrogen (secondary N) is 2. The highest BCUT2D eigenvalue weighted by Gasteiger charge is 2.19. The molecule has 0 aliphatic heterocycles. The van der Waals surface area contributed by atoms with E-state index in [0.717, 1.165) is 10.8 Å². The van der Waals surface area contributed by atoms with Crippen molar-refractivity contribution >= 4 is 28.2 Å². The summed E-state index contributed by atoms with van der Waals surface area (Å²) >= 11 is 0. The Morgan fingerprint density at radius 3 is 2.57 bits per heavy atom. The van der Waals surface area contributed by atoms with Gasteiger partial charge in [0, 0.05) is 19.7 Å². The van der Waals surface area contributed by atoms with Crippen molar-refractivity contribution in [3.8, 4) is 5.69 Å². The molecule has 0 unspecified atom stereocenters. The van der Waals surface area contributed by atoms with Gasteiger partial charge in [-0.25, -0.2) is 4.39 Å². The molecule has 2 N–H and O–H groups in total. The molecule has 4 rings (SSSR count). The summed E-state index contributed by atoms with van der Waals surface area (Å²) in [5.41, 5.74) is 0.985. The third-order valence-corrected chi connectivity index (χ3v) is 4.59. The van der Waals surface area contributed by atoms with Crippen molar-refractivity contribution in [2.24, 2.45) is 0 Å². The van der Waals surface area contributed by atoms with Gasteiger partial charge in [-0.15, -0.1) is 5.10 Å². The van der Waals surface area contributed by atoms with Crippen LogP contribution < -0.4 is 5.32 Å². The van der Waals surface area contributed by atoms with Crippen LogP contribution in [0.2, 0.25) is 0 Å². The maximum absolute atomic E-state index is 14.5. The van der Waals surface area contributed by atoms with Crippen molar-refractivity contribution in [2.75, 3.05) is 19.4 Å². The van der Waals surface area contributed by atoms with Gasteiger partial charge in [-0.2, -0.15) is 4.68 Å². The molecule has 8 nitrogen and oxygen atoms in total. The lowest BCUT2D eigenvalue weighted by atomic mass is 10.1. The monoisotopic (exact) mass is 403 g/mol. The lowest BCUT2D eigenvalue weighted by Crippen LogP contribution is -2.22. The highest BCUT2D eigenvalue weighted by Crippen LogP contribution is 2.20. The van der Waals surface area contributed by atoms with Gasteiger partial charge in [-0.05, 0) is 51.5 Å². The smallest absolute Gasteiger partial charge is 0.295 e. The Kier molecular flexibility index (Phi) is 4.93. The third-order valence-electron chi connectivity index (χ3n) is 4.59. The van der Waals surface area contributed by atoms with Crippen molar-refractivity contribution < 1.29 is 9.18 Å². The minimum absolute atomic E-state index is 0.0247. The molecule has 0 spiro atoms. The maximum Gasteiger partial charge on any atom is 0.295 e. The Hall–Kier alpha value is -4.14. The Morgan fingerprint density at radius 1 is 1.07 bits per heavy atom. The predicted molar refractivity (Wildman–Crippen MR) is 112 cm³/mol. The number of benzene rings is 3. The van der Waals surface area contributed by atoms with Gasteiger partial charge in [-0.3, -0.25) is 10.2 Å². The molecule has 1 aromatic heterocycles. The zero-order valence-corrected chi connectivity index (χ0v) is 16.3. The van der Waals surface area contributed by atoms with Crippen LogP contribution in [0.3, 0.4) is 0 Å². The molecular formula is C21H18FN7O. The average Bonchev–Trinajstić information content (AvgIpc) is 3.24. The third kappa shape index (κ3) is 3.60. The predicted octanol–water partition coefficient (Wildman–Crippen LogP) is 3.09. The second kappa shape index (κ2) is 7.70. The van der Waals surface area contributed by atoms with E-state index in [4.69, 9.17) is 5.41 Å². The maximum atomic E-state index is 14.5. The van der Waals surface area contributed by atoms with Crippen LogP contribution in [-0.2, 0) is 0 Å². The van der Waals surface area contributed by atoms with E-state index in [1.54, 1.807) is 31.1 Å². The summed E-state index contributed by atoms with van der Waals surface area (Å²) < 4.78 is 15.8. The molecule has 150 valence electrons. The molecule has 0 atom stereocenters. The van der Waals surface area contributed by atoms with Crippen LogP contribution in [0, 0.1) is 11.2 Å². The van der Waals surface area contributed by atoms with E-state index in [0.29, 0.717) is 11.3 Å². The van der Waals surface area contributed by atoms with Crippen molar-refractivity contribution in [3.63, 3.8) is 0 Å². The van der Waals surface area contributed by atoms with E-state index < -0.39 is 11.7 Å². The van der Waals surface area contributed by atoms with E-state index >= 15 is 0 Å². The van der Waals surface area contributed by atoms with Crippen LogP contribution in [0.25, 0.3) is 16.5 Å². The number of amidine groups is 1. The molecule has 0 aliphatic carbocycles. The molecule has 1 heterocycles. The van der Waals surface area contributed by atoms with Crippen LogP contribution in [0.4, 0.5) is 10.1 Å². The molecule has 0 bridgehead atoms. The van der Waals surface area contributed by atoms with Gasteiger partial charge in [0.1, 0.15) is 11.7 Å². The zero-order chi connectivity index (χ0) is 21.3. The van der Waals surface area contributed by atoms with Gasteiger partial charge in [0.25, 0.3) is 5.91 Å². The van der Waals surface area contributed by atoms with Crippen molar-refractivity contribution in [1.29, 1.82) is 5.41 Å². The Labute approximate surface area is 171 Å². The zero-order valence-electron chi connectivity index (χ0n) is 16.3. The standard InChI is InChI=1S/C21H18FN7O/c1-28(2)19(23)15-8-10-18(17(22)12-15)24-21(30)20-25-26-27-29(20)16-9-7-13-5-3-4-6-14(13)11-16/h3-12,23H,1-2H3,(H,24,30). The number of nitrogens with zero attached hydrogens (tertiary/aromatic N) is 5. The Bertz CT molecular complexity index is 1270. The summed E-state index contributed by atoms with van der Waals surface area (Å²) in [5, 5.41) is 23.7. The summed E-state index contributed by atoms with van der Waals surface area (Å²) in [5.74, 6) is -1.22. The molecule has 30 heavy (non-hydrogen) atoms. The first-order valence-corrected chi connectivity index (χ1v) is 9.09. The van der Waals surface area contributed by atoms with E-state index in [-0.39, 0.29) is 17.3 Å². The molecule has 0 aliphatic rings. The van der Waals surface area contributed by atoms with E-state index in [9.17, 15) is 9.18 Å². The Morgan fingerprint density at radius 2 is 1.83 bits per heavy atom. The molecule has 0 radical (unpaired) electrons. The molecule has 1 amide bonds. The molecule has 0 saturated heterocycles. The van der Waals surface area contributed by atoms with Gasteiger partial charge in [0.05, 0.1) is 11.4 Å². The molecular weight excluding hydrogens is 385 g/mol. The van der Waals surface area contributed by atoms with Crippen molar-refractivity contribution in [1.82, 2.24) is 25.1 Å². The fourth-order valence-corrected chi connectivity index (χ4v) is 3.01. The van der Waals surface area contributed by atoms with Gasteiger partial charge >= 0.3 is 0 Å². The fraction of sp³-hybridized carbons (Fsp3) is 0.0952. The molecule has 4 aromatic rings. The van der Waals surface area contributed by atoms with E-state index in [2.05, 4.69) is 20.8 Å². The SMILES string of the molecule is CN(C)C(=N)c1ccc(NC(=O)c2nnnn2-c2ccc3ccccc3c2)c(F)c1. The van der Waals surface area contributed by atoms with E-state index in [1.165, 1.54) is 16.8 Å². The van der Waals surface area contributed by atoms with Crippen molar-refractivity contribution in [3.05, 3.63) is 77.9 Å². The van der Waals surface area contributed by atoms with E-state index in [1.807, 2.05) is 36.4 Å². The molecule has 3 aromatic carbocycles. The highest BCUT2D eigenvalue weighted by molar-refractivity contribution is 6.03. The summed E-state index contributed by atoms with van der Waals surface area (Å²) in [7, 11) is 3.39. The van der Waals surface area contributed by atoms with Crippen LogP contribution in [0.1, 0.15) is 16.2 Å².